The lowest BCUT2D eigenvalue weighted by Gasteiger charge is -2.32. The second-order valence-electron chi connectivity index (χ2n) is 7.00. The van der Waals surface area contributed by atoms with E-state index in [0.717, 1.165) is 15.3 Å². The van der Waals surface area contributed by atoms with E-state index in [1.54, 1.807) is 0 Å². The van der Waals surface area contributed by atoms with Gasteiger partial charge in [0.15, 0.2) is 0 Å². The van der Waals surface area contributed by atoms with Gasteiger partial charge < -0.3 is 4.74 Å². The second-order valence-corrected chi connectivity index (χ2v) is 7.98. The number of ether oxygens (including phenoxy) is 1. The van der Waals surface area contributed by atoms with Crippen LogP contribution >= 0.6 is 11.3 Å². The van der Waals surface area contributed by atoms with Gasteiger partial charge in [-0.15, -0.1) is 11.3 Å². The number of rotatable bonds is 4. The number of carbonyl (C=O) groups is 3. The third kappa shape index (κ3) is 2.61. The molecule has 2 aromatic rings. The van der Waals surface area contributed by atoms with Crippen LogP contribution in [0.15, 0.2) is 47.8 Å². The van der Waals surface area contributed by atoms with Gasteiger partial charge in [-0.05, 0) is 17.0 Å². The number of esters is 1. The summed E-state index contributed by atoms with van der Waals surface area (Å²) >= 11 is 1.50. The van der Waals surface area contributed by atoms with Crippen LogP contribution in [0.1, 0.15) is 16.5 Å². The summed E-state index contributed by atoms with van der Waals surface area (Å²) in [5.41, 5.74) is -0.386. The SMILES string of the molecule is COC(=O)C1(Cc2ccccc2)NC(c2cccs2)C2C(=O)N(C)C(=O)C21. The van der Waals surface area contributed by atoms with E-state index in [1.807, 2.05) is 47.8 Å². The average Bonchev–Trinajstić information content (AvgIpc) is 3.37. The van der Waals surface area contributed by atoms with Crippen molar-refractivity contribution in [1.82, 2.24) is 10.2 Å². The minimum Gasteiger partial charge on any atom is -0.468 e. The first-order chi connectivity index (χ1) is 13.0. The van der Waals surface area contributed by atoms with Gasteiger partial charge in [-0.1, -0.05) is 36.4 Å². The van der Waals surface area contributed by atoms with E-state index in [1.165, 1.54) is 25.5 Å². The first kappa shape index (κ1) is 17.9. The van der Waals surface area contributed by atoms with Gasteiger partial charge in [0.1, 0.15) is 5.54 Å². The normalized spacial score (nSPS) is 29.9. The summed E-state index contributed by atoms with van der Waals surface area (Å²) in [5.74, 6) is -2.52. The molecule has 27 heavy (non-hydrogen) atoms. The summed E-state index contributed by atoms with van der Waals surface area (Å²) in [6.07, 6.45) is 0.274. The number of nitrogens with one attached hydrogen (secondary N) is 1. The quantitative estimate of drug-likeness (QED) is 0.642. The van der Waals surface area contributed by atoms with Crippen molar-refractivity contribution >= 4 is 29.1 Å². The number of likely N-dealkylation sites (tertiary alicyclic amines) is 1. The fraction of sp³-hybridized carbons (Fsp3) is 0.350. The highest BCUT2D eigenvalue weighted by atomic mass is 32.1. The minimum absolute atomic E-state index is 0.255. The molecule has 4 atom stereocenters. The number of methoxy groups -OCH3 is 1. The highest BCUT2D eigenvalue weighted by Crippen LogP contribution is 2.50. The maximum absolute atomic E-state index is 13.0. The predicted octanol–water partition coefficient (Wildman–Crippen LogP) is 1.78. The summed E-state index contributed by atoms with van der Waals surface area (Å²) in [6.45, 7) is 0. The summed E-state index contributed by atoms with van der Waals surface area (Å²) in [5, 5.41) is 5.28. The molecule has 1 N–H and O–H groups in total. The molecule has 7 heteroatoms. The molecule has 4 unspecified atom stereocenters. The molecule has 3 heterocycles. The van der Waals surface area contributed by atoms with E-state index in [0.29, 0.717) is 0 Å². The van der Waals surface area contributed by atoms with Gasteiger partial charge in [0.05, 0.1) is 25.0 Å². The fourth-order valence-corrected chi connectivity index (χ4v) is 5.21. The summed E-state index contributed by atoms with van der Waals surface area (Å²) in [7, 11) is 2.80. The lowest BCUT2D eigenvalue weighted by Crippen LogP contribution is -2.57. The van der Waals surface area contributed by atoms with Gasteiger partial charge >= 0.3 is 5.97 Å². The molecule has 0 saturated carbocycles. The Labute approximate surface area is 161 Å². The van der Waals surface area contributed by atoms with E-state index in [-0.39, 0.29) is 18.2 Å². The molecule has 2 fully saturated rings. The lowest BCUT2D eigenvalue weighted by molar-refractivity contribution is -0.153. The van der Waals surface area contributed by atoms with Crippen molar-refractivity contribution < 1.29 is 19.1 Å². The van der Waals surface area contributed by atoms with Gasteiger partial charge in [0.25, 0.3) is 0 Å². The number of carbonyl (C=O) groups excluding carboxylic acids is 3. The smallest absolute Gasteiger partial charge is 0.327 e. The van der Waals surface area contributed by atoms with Crippen LogP contribution in [-0.4, -0.2) is 42.4 Å². The van der Waals surface area contributed by atoms with Gasteiger partial charge in [0.2, 0.25) is 11.8 Å². The van der Waals surface area contributed by atoms with Gasteiger partial charge in [-0.3, -0.25) is 24.6 Å². The summed E-state index contributed by atoms with van der Waals surface area (Å²) in [4.78, 5) is 40.9. The van der Waals surface area contributed by atoms with Gasteiger partial charge in [-0.25, -0.2) is 0 Å². The largest absolute Gasteiger partial charge is 0.468 e. The van der Waals surface area contributed by atoms with E-state index in [9.17, 15) is 14.4 Å². The van der Waals surface area contributed by atoms with Gasteiger partial charge in [0, 0.05) is 18.3 Å². The standard InChI is InChI=1S/C20H20N2O4S/c1-22-17(23)14-15(18(22)24)20(19(25)26-2,11-12-7-4-3-5-8-12)21-16(14)13-9-6-10-27-13/h3-10,14-16,21H,11H2,1-2H3. The third-order valence-corrected chi connectivity index (χ3v) is 6.56. The van der Waals surface area contributed by atoms with E-state index in [2.05, 4.69) is 5.32 Å². The highest BCUT2D eigenvalue weighted by Gasteiger charge is 2.68. The average molecular weight is 384 g/mol. The van der Waals surface area contributed by atoms with Crippen LogP contribution < -0.4 is 5.32 Å². The van der Waals surface area contributed by atoms with Crippen LogP contribution in [0.3, 0.4) is 0 Å². The minimum atomic E-state index is -1.28. The molecule has 4 rings (SSSR count). The summed E-state index contributed by atoms with van der Waals surface area (Å²) < 4.78 is 5.12. The number of nitrogens with zero attached hydrogens (tertiary/aromatic N) is 1. The molecule has 1 aromatic carbocycles. The van der Waals surface area contributed by atoms with Crippen LogP contribution in [0.25, 0.3) is 0 Å². The first-order valence-electron chi connectivity index (χ1n) is 8.74. The molecule has 0 radical (unpaired) electrons. The van der Waals surface area contributed by atoms with Gasteiger partial charge in [-0.2, -0.15) is 0 Å². The third-order valence-electron chi connectivity index (χ3n) is 5.60. The van der Waals surface area contributed by atoms with Crippen LogP contribution in [-0.2, 0) is 25.5 Å². The molecular weight excluding hydrogens is 364 g/mol. The fourth-order valence-electron chi connectivity index (χ4n) is 4.38. The molecule has 0 spiro atoms. The monoisotopic (exact) mass is 384 g/mol. The molecule has 0 bridgehead atoms. The molecule has 2 saturated heterocycles. The number of hydrogen-bond acceptors (Lipinski definition) is 6. The predicted molar refractivity (Wildman–Crippen MR) is 99.8 cm³/mol. The molecule has 2 amide bonds. The Kier molecular flexibility index (Phi) is 4.36. The molecule has 2 aliphatic rings. The Morgan fingerprint density at radius 1 is 1.19 bits per heavy atom. The maximum atomic E-state index is 13.0. The van der Waals surface area contributed by atoms with E-state index >= 15 is 0 Å². The Morgan fingerprint density at radius 2 is 1.93 bits per heavy atom. The number of amides is 2. The van der Waals surface area contributed by atoms with E-state index in [4.69, 9.17) is 4.74 Å². The number of thiophene rings is 1. The van der Waals surface area contributed by atoms with Crippen molar-refractivity contribution in [3.05, 3.63) is 58.3 Å². The Hall–Kier alpha value is -2.51. The Morgan fingerprint density at radius 3 is 2.56 bits per heavy atom. The molecule has 6 nitrogen and oxygen atoms in total. The van der Waals surface area contributed by atoms with Crippen LogP contribution in [0.2, 0.25) is 0 Å². The number of fused-ring (bicyclic) bond motifs is 1. The number of hydrogen-bond donors (Lipinski definition) is 1. The van der Waals surface area contributed by atoms with E-state index < -0.39 is 29.4 Å². The molecule has 0 aliphatic carbocycles. The van der Waals surface area contributed by atoms with Crippen molar-refractivity contribution in [1.29, 1.82) is 0 Å². The van der Waals surface area contributed by atoms with Crippen molar-refractivity contribution in [3.8, 4) is 0 Å². The molecule has 2 aliphatic heterocycles. The lowest BCUT2D eigenvalue weighted by atomic mass is 9.76. The Bertz CT molecular complexity index is 883. The summed E-state index contributed by atoms with van der Waals surface area (Å²) in [6, 6.07) is 12.9. The number of imide groups is 1. The van der Waals surface area contributed by atoms with Crippen LogP contribution in [0, 0.1) is 11.8 Å². The topological polar surface area (TPSA) is 75.7 Å². The first-order valence-corrected chi connectivity index (χ1v) is 9.62. The molecular formula is C20H20N2O4S. The maximum Gasteiger partial charge on any atom is 0.327 e. The molecule has 1 aromatic heterocycles. The highest BCUT2D eigenvalue weighted by molar-refractivity contribution is 7.10. The van der Waals surface area contributed by atoms with Crippen LogP contribution in [0.4, 0.5) is 0 Å². The van der Waals surface area contributed by atoms with Crippen molar-refractivity contribution in [2.24, 2.45) is 11.8 Å². The Balaban J connectivity index is 1.85. The van der Waals surface area contributed by atoms with Crippen molar-refractivity contribution in [2.45, 2.75) is 18.0 Å². The molecule has 140 valence electrons. The second kappa shape index (κ2) is 6.58. The zero-order valence-corrected chi connectivity index (χ0v) is 15.9. The zero-order valence-electron chi connectivity index (χ0n) is 15.0. The van der Waals surface area contributed by atoms with Crippen molar-refractivity contribution in [3.63, 3.8) is 0 Å². The van der Waals surface area contributed by atoms with Crippen LogP contribution in [0.5, 0.6) is 0 Å². The number of benzene rings is 1. The van der Waals surface area contributed by atoms with Crippen molar-refractivity contribution in [2.75, 3.05) is 14.2 Å². The zero-order chi connectivity index (χ0) is 19.2.